The van der Waals surface area contributed by atoms with Crippen molar-refractivity contribution in [3.8, 4) is 11.5 Å². The van der Waals surface area contributed by atoms with E-state index in [2.05, 4.69) is 11.1 Å². The van der Waals surface area contributed by atoms with Gasteiger partial charge in [-0.25, -0.2) is 9.78 Å². The Labute approximate surface area is 142 Å². The molecule has 1 N–H and O–H groups in total. The van der Waals surface area contributed by atoms with Crippen LogP contribution in [0.15, 0.2) is 34.9 Å². The lowest BCUT2D eigenvalue weighted by Crippen LogP contribution is -2.35. The molecule has 5 nitrogen and oxygen atoms in total. The van der Waals surface area contributed by atoms with Gasteiger partial charge in [0.25, 0.3) is 0 Å². The van der Waals surface area contributed by atoms with Crippen molar-refractivity contribution in [3.63, 3.8) is 0 Å². The number of ether oxygens (including phenoxy) is 1. The Morgan fingerprint density at radius 1 is 1.29 bits per heavy atom. The summed E-state index contributed by atoms with van der Waals surface area (Å²) in [5.41, 5.74) is 2.00. The van der Waals surface area contributed by atoms with Gasteiger partial charge < -0.3 is 14.3 Å². The van der Waals surface area contributed by atoms with Crippen LogP contribution in [-0.2, 0) is 16.0 Å². The summed E-state index contributed by atoms with van der Waals surface area (Å²) in [6.45, 7) is 5.63. The SMILES string of the molecule is Cc1cccc(-c2nc(CCCCCOC(C)(C)C(=O)O)co2)c1. The van der Waals surface area contributed by atoms with Crippen LogP contribution < -0.4 is 0 Å². The number of rotatable bonds is 9. The monoisotopic (exact) mass is 331 g/mol. The summed E-state index contributed by atoms with van der Waals surface area (Å²) >= 11 is 0. The van der Waals surface area contributed by atoms with Gasteiger partial charge in [0.2, 0.25) is 5.89 Å². The first-order valence-corrected chi connectivity index (χ1v) is 8.27. The van der Waals surface area contributed by atoms with Crippen LogP contribution >= 0.6 is 0 Å². The van der Waals surface area contributed by atoms with Gasteiger partial charge in [-0.3, -0.25) is 0 Å². The highest BCUT2D eigenvalue weighted by Crippen LogP contribution is 2.20. The van der Waals surface area contributed by atoms with Crippen LogP contribution in [0.3, 0.4) is 0 Å². The number of aryl methyl sites for hydroxylation is 2. The lowest BCUT2D eigenvalue weighted by Gasteiger charge is -2.19. The van der Waals surface area contributed by atoms with Gasteiger partial charge in [0.1, 0.15) is 6.26 Å². The highest BCUT2D eigenvalue weighted by Gasteiger charge is 2.27. The third kappa shape index (κ3) is 5.20. The smallest absolute Gasteiger partial charge is 0.335 e. The molecule has 24 heavy (non-hydrogen) atoms. The quantitative estimate of drug-likeness (QED) is 0.696. The van der Waals surface area contributed by atoms with E-state index in [1.807, 2.05) is 25.1 Å². The van der Waals surface area contributed by atoms with Gasteiger partial charge in [0.05, 0.1) is 5.69 Å². The van der Waals surface area contributed by atoms with Gasteiger partial charge in [-0.1, -0.05) is 24.1 Å². The second-order valence-electron chi connectivity index (χ2n) is 6.49. The molecule has 0 amide bonds. The summed E-state index contributed by atoms with van der Waals surface area (Å²) in [6, 6.07) is 8.08. The molecular weight excluding hydrogens is 306 g/mol. The van der Waals surface area contributed by atoms with Crippen LogP contribution in [0.25, 0.3) is 11.5 Å². The zero-order valence-corrected chi connectivity index (χ0v) is 14.5. The zero-order chi connectivity index (χ0) is 17.6. The third-order valence-corrected chi connectivity index (χ3v) is 3.87. The predicted molar refractivity (Wildman–Crippen MR) is 91.9 cm³/mol. The maximum Gasteiger partial charge on any atom is 0.335 e. The van der Waals surface area contributed by atoms with Crippen LogP contribution in [0.4, 0.5) is 0 Å². The van der Waals surface area contributed by atoms with Crippen molar-refractivity contribution < 1.29 is 19.1 Å². The standard InChI is InChI=1S/C19H25NO4/c1-14-8-7-9-15(12-14)17-20-16(13-23-17)10-5-4-6-11-24-19(2,3)18(21)22/h7-9,12-13H,4-6,10-11H2,1-3H3,(H,21,22). The van der Waals surface area contributed by atoms with Crippen LogP contribution in [0.5, 0.6) is 0 Å². The minimum absolute atomic E-state index is 0.451. The summed E-state index contributed by atoms with van der Waals surface area (Å²) in [4.78, 5) is 15.4. The largest absolute Gasteiger partial charge is 0.479 e. The molecule has 0 aliphatic heterocycles. The first kappa shape index (κ1) is 18.2. The van der Waals surface area contributed by atoms with Crippen LogP contribution in [0, 0.1) is 6.92 Å². The normalized spacial score (nSPS) is 11.6. The van der Waals surface area contributed by atoms with Gasteiger partial charge in [-0.15, -0.1) is 0 Å². The Morgan fingerprint density at radius 2 is 2.08 bits per heavy atom. The molecule has 0 spiro atoms. The summed E-state index contributed by atoms with van der Waals surface area (Å²) in [5.74, 6) is -0.283. The van der Waals surface area contributed by atoms with E-state index in [-0.39, 0.29) is 0 Å². The fraction of sp³-hybridized carbons (Fsp3) is 0.474. The summed E-state index contributed by atoms with van der Waals surface area (Å²) in [6.07, 6.45) is 5.32. The molecule has 0 saturated carbocycles. The lowest BCUT2D eigenvalue weighted by molar-refractivity contribution is -0.161. The highest BCUT2D eigenvalue weighted by molar-refractivity contribution is 5.76. The van der Waals surface area contributed by atoms with Crippen LogP contribution in [0.1, 0.15) is 44.4 Å². The molecule has 5 heteroatoms. The number of carboxylic acids is 1. The molecule has 0 fully saturated rings. The first-order chi connectivity index (χ1) is 11.4. The molecule has 2 rings (SSSR count). The number of unbranched alkanes of at least 4 members (excludes halogenated alkanes) is 2. The fourth-order valence-electron chi connectivity index (χ4n) is 2.31. The maximum atomic E-state index is 10.9. The number of carbonyl (C=O) groups is 1. The predicted octanol–water partition coefficient (Wildman–Crippen LogP) is 4.24. The molecule has 0 aliphatic carbocycles. The molecule has 0 bridgehead atoms. The van der Waals surface area contributed by atoms with Crippen molar-refractivity contribution >= 4 is 5.97 Å². The Bertz CT molecular complexity index is 676. The number of hydrogen-bond donors (Lipinski definition) is 1. The van der Waals surface area contributed by atoms with Crippen molar-refractivity contribution in [2.24, 2.45) is 0 Å². The minimum atomic E-state index is -1.12. The number of carboxylic acid groups (broad SMARTS) is 1. The first-order valence-electron chi connectivity index (χ1n) is 8.27. The van der Waals surface area contributed by atoms with Gasteiger partial charge in [0, 0.05) is 12.2 Å². The van der Waals surface area contributed by atoms with Crippen LogP contribution in [-0.4, -0.2) is 28.3 Å². The molecule has 0 aliphatic rings. The van der Waals surface area contributed by atoms with Crippen molar-refractivity contribution in [1.82, 2.24) is 4.98 Å². The number of benzene rings is 1. The van der Waals surface area contributed by atoms with Crippen molar-refractivity contribution in [2.45, 2.75) is 52.1 Å². The van der Waals surface area contributed by atoms with Gasteiger partial charge in [0.15, 0.2) is 5.60 Å². The van der Waals surface area contributed by atoms with Crippen molar-refractivity contribution in [3.05, 3.63) is 41.8 Å². The van der Waals surface area contributed by atoms with E-state index in [9.17, 15) is 4.79 Å². The van der Waals surface area contributed by atoms with E-state index in [0.29, 0.717) is 12.5 Å². The Balaban J connectivity index is 1.71. The highest BCUT2D eigenvalue weighted by atomic mass is 16.5. The minimum Gasteiger partial charge on any atom is -0.479 e. The summed E-state index contributed by atoms with van der Waals surface area (Å²) in [7, 11) is 0. The average molecular weight is 331 g/mol. The van der Waals surface area contributed by atoms with Crippen LogP contribution in [0.2, 0.25) is 0 Å². The zero-order valence-electron chi connectivity index (χ0n) is 14.5. The van der Waals surface area contributed by atoms with E-state index in [1.165, 1.54) is 5.56 Å². The molecule has 0 atom stereocenters. The lowest BCUT2D eigenvalue weighted by atomic mass is 10.1. The van der Waals surface area contributed by atoms with E-state index in [0.717, 1.165) is 36.9 Å². The summed E-state index contributed by atoms with van der Waals surface area (Å²) < 4.78 is 10.9. The number of nitrogens with zero attached hydrogens (tertiary/aromatic N) is 1. The van der Waals surface area contributed by atoms with E-state index >= 15 is 0 Å². The van der Waals surface area contributed by atoms with Crippen molar-refractivity contribution in [1.29, 1.82) is 0 Å². The van der Waals surface area contributed by atoms with E-state index in [4.69, 9.17) is 14.3 Å². The topological polar surface area (TPSA) is 72.6 Å². The van der Waals surface area contributed by atoms with E-state index in [1.54, 1.807) is 20.1 Å². The molecule has 130 valence electrons. The second kappa shape index (κ2) is 8.11. The average Bonchev–Trinajstić information content (AvgIpc) is 2.99. The Morgan fingerprint density at radius 3 is 2.79 bits per heavy atom. The number of aliphatic carboxylic acids is 1. The van der Waals surface area contributed by atoms with Gasteiger partial charge >= 0.3 is 5.97 Å². The molecule has 0 radical (unpaired) electrons. The summed E-state index contributed by atoms with van der Waals surface area (Å²) in [5, 5.41) is 8.96. The number of aromatic nitrogens is 1. The molecular formula is C19H25NO4. The van der Waals surface area contributed by atoms with Gasteiger partial charge in [-0.05, 0) is 52.2 Å². The Hall–Kier alpha value is -2.14. The fourth-order valence-corrected chi connectivity index (χ4v) is 2.31. The van der Waals surface area contributed by atoms with Gasteiger partial charge in [-0.2, -0.15) is 0 Å². The second-order valence-corrected chi connectivity index (χ2v) is 6.49. The van der Waals surface area contributed by atoms with E-state index < -0.39 is 11.6 Å². The third-order valence-electron chi connectivity index (χ3n) is 3.87. The Kier molecular flexibility index (Phi) is 6.15. The maximum absolute atomic E-state index is 10.9. The molecule has 2 aromatic rings. The molecule has 1 heterocycles. The molecule has 0 saturated heterocycles. The molecule has 0 unspecified atom stereocenters. The molecule has 1 aromatic carbocycles. The number of oxazole rings is 1. The number of hydrogen-bond acceptors (Lipinski definition) is 4. The molecule has 1 aromatic heterocycles. The van der Waals surface area contributed by atoms with Crippen molar-refractivity contribution in [2.75, 3.05) is 6.61 Å².